The summed E-state index contributed by atoms with van der Waals surface area (Å²) in [6, 6.07) is 20.7. The summed E-state index contributed by atoms with van der Waals surface area (Å²) in [5.74, 6) is -0.164. The molecule has 0 spiro atoms. The van der Waals surface area contributed by atoms with Crippen molar-refractivity contribution in [3.8, 4) is 11.5 Å². The van der Waals surface area contributed by atoms with Gasteiger partial charge in [0.1, 0.15) is 12.4 Å². The molecule has 0 radical (unpaired) electrons. The van der Waals surface area contributed by atoms with Crippen molar-refractivity contribution in [2.45, 2.75) is 6.61 Å². The van der Waals surface area contributed by atoms with Crippen LogP contribution in [0.2, 0.25) is 0 Å². The van der Waals surface area contributed by atoms with Gasteiger partial charge in [-0.1, -0.05) is 24.3 Å². The first kappa shape index (κ1) is 21.6. The molecule has 166 valence electrons. The molecule has 0 atom stereocenters. The van der Waals surface area contributed by atoms with Crippen molar-refractivity contribution in [2.75, 3.05) is 7.11 Å². The molecule has 1 amide bonds. The second kappa shape index (κ2) is 9.69. The number of aromatic carboxylic acids is 1. The summed E-state index contributed by atoms with van der Waals surface area (Å²) in [7, 11) is 1.54. The van der Waals surface area contributed by atoms with Crippen LogP contribution >= 0.6 is 0 Å². The van der Waals surface area contributed by atoms with E-state index in [1.54, 1.807) is 54.6 Å². The monoisotopic (exact) mass is 444 g/mol. The fourth-order valence-corrected chi connectivity index (χ4v) is 3.14. The zero-order valence-electron chi connectivity index (χ0n) is 17.6. The molecule has 4 aromatic rings. The van der Waals surface area contributed by atoms with Crippen molar-refractivity contribution >= 4 is 29.1 Å². The maximum Gasteiger partial charge on any atom is 0.335 e. The molecule has 0 unspecified atom stereocenters. The number of hydrazone groups is 1. The Morgan fingerprint density at radius 2 is 1.85 bits per heavy atom. The normalized spacial score (nSPS) is 10.9. The Balaban J connectivity index is 1.33. The summed E-state index contributed by atoms with van der Waals surface area (Å²) in [5, 5.41) is 13.8. The molecular weight excluding hydrogens is 424 g/mol. The van der Waals surface area contributed by atoms with E-state index < -0.39 is 11.9 Å². The number of fused-ring (bicyclic) bond motifs is 1. The minimum absolute atomic E-state index is 0.127. The lowest BCUT2D eigenvalue weighted by molar-refractivity contribution is 0.0696. The lowest BCUT2D eigenvalue weighted by Crippen LogP contribution is -2.16. The summed E-state index contributed by atoms with van der Waals surface area (Å²) in [6.45, 7) is 0.243. The first-order chi connectivity index (χ1) is 16.0. The highest BCUT2D eigenvalue weighted by Gasteiger charge is 2.14. The van der Waals surface area contributed by atoms with Crippen molar-refractivity contribution in [1.29, 1.82) is 0 Å². The van der Waals surface area contributed by atoms with Gasteiger partial charge in [-0.25, -0.2) is 10.2 Å². The van der Waals surface area contributed by atoms with E-state index in [1.165, 1.54) is 19.4 Å². The van der Waals surface area contributed by atoms with Gasteiger partial charge in [0.15, 0.2) is 17.1 Å². The standard InChI is InChI=1S/C25H20N2O6/c1-31-21-7-3-5-18-13-22(33-23(18)21)24(28)27-26-14-16-8-10-20(11-9-16)32-15-17-4-2-6-19(12-17)25(29)30/h2-14H,15H2,1H3,(H,27,28)(H,29,30). The Bertz CT molecular complexity index is 1320. The third kappa shape index (κ3) is 5.19. The van der Waals surface area contributed by atoms with Crippen molar-refractivity contribution in [3.05, 3.63) is 95.2 Å². The molecule has 0 saturated carbocycles. The second-order valence-electron chi connectivity index (χ2n) is 7.05. The predicted molar refractivity (Wildman–Crippen MR) is 122 cm³/mol. The maximum atomic E-state index is 12.3. The molecule has 33 heavy (non-hydrogen) atoms. The van der Waals surface area contributed by atoms with Gasteiger partial charge in [-0.2, -0.15) is 5.10 Å². The Morgan fingerprint density at radius 3 is 2.61 bits per heavy atom. The molecule has 1 aromatic heterocycles. The van der Waals surface area contributed by atoms with Gasteiger partial charge in [-0.15, -0.1) is 0 Å². The number of amides is 1. The number of methoxy groups -OCH3 is 1. The van der Waals surface area contributed by atoms with Crippen LogP contribution in [0.15, 0.2) is 82.3 Å². The molecule has 8 heteroatoms. The molecule has 0 bridgehead atoms. The van der Waals surface area contributed by atoms with E-state index in [2.05, 4.69) is 10.5 Å². The summed E-state index contributed by atoms with van der Waals surface area (Å²) < 4.78 is 16.5. The fourth-order valence-electron chi connectivity index (χ4n) is 3.14. The lowest BCUT2D eigenvalue weighted by Gasteiger charge is -2.07. The number of nitrogens with one attached hydrogen (secondary N) is 1. The Kier molecular flexibility index (Phi) is 6.36. The van der Waals surface area contributed by atoms with Gasteiger partial charge < -0.3 is 19.0 Å². The molecule has 8 nitrogen and oxygen atoms in total. The lowest BCUT2D eigenvalue weighted by atomic mass is 10.1. The highest BCUT2D eigenvalue weighted by atomic mass is 16.5. The minimum atomic E-state index is -0.979. The van der Waals surface area contributed by atoms with Gasteiger partial charge in [0, 0.05) is 5.39 Å². The topological polar surface area (TPSA) is 110 Å². The number of carboxylic acids is 1. The number of carbonyl (C=O) groups is 2. The molecule has 3 aromatic carbocycles. The van der Waals surface area contributed by atoms with Crippen LogP contribution in [0.3, 0.4) is 0 Å². The summed E-state index contributed by atoms with van der Waals surface area (Å²) >= 11 is 0. The van der Waals surface area contributed by atoms with Crippen LogP contribution < -0.4 is 14.9 Å². The van der Waals surface area contributed by atoms with Crippen LogP contribution in [0.25, 0.3) is 11.0 Å². The second-order valence-corrected chi connectivity index (χ2v) is 7.05. The van der Waals surface area contributed by atoms with Gasteiger partial charge >= 0.3 is 11.9 Å². The molecule has 0 aliphatic rings. The van der Waals surface area contributed by atoms with Gasteiger partial charge in [-0.05, 0) is 59.7 Å². The summed E-state index contributed by atoms with van der Waals surface area (Å²) in [6.07, 6.45) is 1.50. The highest BCUT2D eigenvalue weighted by molar-refractivity contribution is 5.97. The number of carboxylic acid groups (broad SMARTS) is 1. The molecule has 0 aliphatic carbocycles. The van der Waals surface area contributed by atoms with Gasteiger partial charge in [0.2, 0.25) is 0 Å². The van der Waals surface area contributed by atoms with Gasteiger partial charge in [0.25, 0.3) is 0 Å². The van der Waals surface area contributed by atoms with E-state index in [1.807, 2.05) is 12.1 Å². The third-order valence-electron chi connectivity index (χ3n) is 4.79. The predicted octanol–water partition coefficient (Wildman–Crippen LogP) is 4.48. The average molecular weight is 444 g/mol. The highest BCUT2D eigenvalue weighted by Crippen LogP contribution is 2.28. The molecule has 1 heterocycles. The number of hydrogen-bond donors (Lipinski definition) is 2. The first-order valence-corrected chi connectivity index (χ1v) is 9.98. The number of rotatable bonds is 8. The Morgan fingerprint density at radius 1 is 1.06 bits per heavy atom. The molecule has 0 aliphatic heterocycles. The molecule has 4 rings (SSSR count). The van der Waals surface area contributed by atoms with Crippen LogP contribution in [0.5, 0.6) is 11.5 Å². The smallest absolute Gasteiger partial charge is 0.335 e. The molecule has 0 saturated heterocycles. The first-order valence-electron chi connectivity index (χ1n) is 9.98. The number of carbonyl (C=O) groups excluding carboxylic acids is 1. The number of furan rings is 1. The molecule has 0 fully saturated rings. The SMILES string of the molecule is COc1cccc2cc(C(=O)NN=Cc3ccc(OCc4cccc(C(=O)O)c4)cc3)oc12. The molecular formula is C25H20N2O6. The van der Waals surface area contributed by atoms with E-state index in [9.17, 15) is 9.59 Å². The van der Waals surface area contributed by atoms with Crippen molar-refractivity contribution in [3.63, 3.8) is 0 Å². The maximum absolute atomic E-state index is 12.3. The van der Waals surface area contributed by atoms with Crippen LogP contribution in [0.4, 0.5) is 0 Å². The number of ether oxygens (including phenoxy) is 2. The van der Waals surface area contributed by atoms with Crippen molar-refractivity contribution < 1.29 is 28.6 Å². The van der Waals surface area contributed by atoms with E-state index in [4.69, 9.17) is 19.0 Å². The van der Waals surface area contributed by atoms with Crippen molar-refractivity contribution in [2.24, 2.45) is 5.10 Å². The Hall–Kier alpha value is -4.59. The zero-order valence-corrected chi connectivity index (χ0v) is 17.6. The average Bonchev–Trinajstić information content (AvgIpc) is 3.28. The largest absolute Gasteiger partial charge is 0.493 e. The summed E-state index contributed by atoms with van der Waals surface area (Å²) in [5.41, 5.74) is 4.66. The zero-order chi connectivity index (χ0) is 23.2. The minimum Gasteiger partial charge on any atom is -0.493 e. The van der Waals surface area contributed by atoms with Crippen LogP contribution in [-0.2, 0) is 6.61 Å². The fraction of sp³-hybridized carbons (Fsp3) is 0.0800. The van der Waals surface area contributed by atoms with Crippen LogP contribution in [-0.4, -0.2) is 30.3 Å². The van der Waals surface area contributed by atoms with E-state index in [-0.39, 0.29) is 17.9 Å². The van der Waals surface area contributed by atoms with E-state index in [0.29, 0.717) is 17.1 Å². The molecule has 2 N–H and O–H groups in total. The van der Waals surface area contributed by atoms with Gasteiger partial charge in [0.05, 0.1) is 18.9 Å². The Labute approximate surface area is 189 Å². The van der Waals surface area contributed by atoms with E-state index >= 15 is 0 Å². The van der Waals surface area contributed by atoms with Crippen molar-refractivity contribution in [1.82, 2.24) is 5.43 Å². The summed E-state index contributed by atoms with van der Waals surface area (Å²) in [4.78, 5) is 23.4. The van der Waals surface area contributed by atoms with E-state index in [0.717, 1.165) is 16.5 Å². The number of benzene rings is 3. The number of para-hydroxylation sites is 1. The number of nitrogens with zero attached hydrogens (tertiary/aromatic N) is 1. The third-order valence-corrected chi connectivity index (χ3v) is 4.79. The van der Waals surface area contributed by atoms with Gasteiger partial charge in [-0.3, -0.25) is 4.79 Å². The quantitative estimate of drug-likeness (QED) is 0.306. The number of hydrogen-bond acceptors (Lipinski definition) is 6. The van der Waals surface area contributed by atoms with Crippen LogP contribution in [0.1, 0.15) is 32.0 Å². The van der Waals surface area contributed by atoms with Crippen LogP contribution in [0, 0.1) is 0 Å².